The Hall–Kier alpha value is -0.110. The van der Waals surface area contributed by atoms with Gasteiger partial charge in [0.15, 0.2) is 0 Å². The molecule has 19 heavy (non-hydrogen) atoms. The van der Waals surface area contributed by atoms with Crippen molar-refractivity contribution in [3.8, 4) is 0 Å². The first-order valence-electron chi connectivity index (χ1n) is 8.33. The number of halogens is 1. The van der Waals surface area contributed by atoms with Gasteiger partial charge in [0.25, 0.3) is 0 Å². The Labute approximate surface area is 121 Å². The Balaban J connectivity index is -0.000000221. The van der Waals surface area contributed by atoms with Crippen molar-refractivity contribution in [2.24, 2.45) is 11.8 Å². The molecule has 0 radical (unpaired) electrons. The van der Waals surface area contributed by atoms with Crippen molar-refractivity contribution in [2.75, 3.05) is 0 Å². The molecule has 0 spiro atoms. The smallest absolute Gasteiger partial charge is 0.0445 e. The maximum absolute atomic E-state index is 8.50. The summed E-state index contributed by atoms with van der Waals surface area (Å²) in [5.74, 6) is 1.83. The standard InChI is InChI=1S/C9H20.C6H12.C2H6.FHO/c1-5-9(4)7-6-8(2)3;1-2-4-6-5-3-1;2*1-2/h8-9H,5-7H2,1-4H3;1-6H2;1-2H3;2H. The van der Waals surface area contributed by atoms with Gasteiger partial charge in [-0.15, -0.1) is 0 Å². The topological polar surface area (TPSA) is 20.2 Å². The monoisotopic (exact) mass is 278 g/mol. The van der Waals surface area contributed by atoms with Crippen LogP contribution >= 0.6 is 0 Å². The van der Waals surface area contributed by atoms with Crippen molar-refractivity contribution in [1.29, 1.82) is 0 Å². The van der Waals surface area contributed by atoms with Crippen LogP contribution in [0.1, 0.15) is 99.3 Å². The van der Waals surface area contributed by atoms with Crippen LogP contribution in [0.5, 0.6) is 0 Å². The number of hydrogen-bond donors (Lipinski definition) is 1. The zero-order valence-corrected chi connectivity index (χ0v) is 14.3. The van der Waals surface area contributed by atoms with Gasteiger partial charge in [-0.3, -0.25) is 0 Å². The number of rotatable bonds is 4. The molecule has 1 aliphatic rings. The van der Waals surface area contributed by atoms with Gasteiger partial charge >= 0.3 is 0 Å². The fraction of sp³-hybridized carbons (Fsp3) is 1.00. The molecule has 1 nitrogen and oxygen atoms in total. The minimum atomic E-state index is 0.888. The van der Waals surface area contributed by atoms with E-state index in [1.165, 1.54) is 57.8 Å². The van der Waals surface area contributed by atoms with E-state index in [0.29, 0.717) is 0 Å². The van der Waals surface area contributed by atoms with Crippen LogP contribution < -0.4 is 0 Å². The Bertz CT molecular complexity index is 111. The molecule has 2 heteroatoms. The molecule has 0 bridgehead atoms. The lowest BCUT2D eigenvalue weighted by atomic mass is 9.98. The Morgan fingerprint density at radius 1 is 0.789 bits per heavy atom. The highest BCUT2D eigenvalue weighted by Gasteiger charge is 1.99. The Kier molecular flexibility index (Phi) is 29.0. The second-order valence-corrected chi connectivity index (χ2v) is 5.61. The van der Waals surface area contributed by atoms with Gasteiger partial charge in [0.2, 0.25) is 0 Å². The molecule has 0 saturated heterocycles. The first-order valence-corrected chi connectivity index (χ1v) is 8.33. The predicted octanol–water partition coefficient (Wildman–Crippen LogP) is 6.70. The summed E-state index contributed by atoms with van der Waals surface area (Å²) in [6.45, 7) is 13.2. The van der Waals surface area contributed by atoms with Crippen molar-refractivity contribution >= 4 is 0 Å². The van der Waals surface area contributed by atoms with Crippen molar-refractivity contribution in [1.82, 2.24) is 0 Å². The van der Waals surface area contributed by atoms with E-state index in [-0.39, 0.29) is 0 Å². The van der Waals surface area contributed by atoms with Crippen LogP contribution in [0.3, 0.4) is 0 Å². The summed E-state index contributed by atoms with van der Waals surface area (Å²) < 4.78 is 8.50. The summed E-state index contributed by atoms with van der Waals surface area (Å²) in [6, 6.07) is 0. The van der Waals surface area contributed by atoms with Crippen LogP contribution in [0.15, 0.2) is 0 Å². The van der Waals surface area contributed by atoms with Gasteiger partial charge in [0.1, 0.15) is 0 Å². The van der Waals surface area contributed by atoms with Gasteiger partial charge in [-0.05, 0) is 11.8 Å². The molecule has 0 aromatic heterocycles. The van der Waals surface area contributed by atoms with E-state index in [0.717, 1.165) is 11.8 Å². The van der Waals surface area contributed by atoms with Gasteiger partial charge in [0, 0.05) is 0 Å². The maximum atomic E-state index is 8.50. The zero-order valence-electron chi connectivity index (χ0n) is 14.3. The largest absolute Gasteiger partial charge is 0.209 e. The van der Waals surface area contributed by atoms with Crippen LogP contribution in [-0.4, -0.2) is 5.31 Å². The highest BCUT2D eigenvalue weighted by molar-refractivity contribution is 4.52. The highest BCUT2D eigenvalue weighted by atomic mass is 19.3. The van der Waals surface area contributed by atoms with Gasteiger partial charge in [0.05, 0.1) is 0 Å². The van der Waals surface area contributed by atoms with Gasteiger partial charge < -0.3 is 0 Å². The van der Waals surface area contributed by atoms with Gasteiger partial charge in [-0.2, -0.15) is 0 Å². The summed E-state index contributed by atoms with van der Waals surface area (Å²) >= 11 is 0. The molecular weight excluding hydrogens is 239 g/mol. The summed E-state index contributed by atoms with van der Waals surface area (Å²) in [5.41, 5.74) is 0. The fourth-order valence-corrected chi connectivity index (χ4v) is 1.88. The molecule has 1 unspecified atom stereocenters. The van der Waals surface area contributed by atoms with E-state index >= 15 is 0 Å². The molecule has 1 rings (SSSR count). The molecule has 1 aliphatic carbocycles. The van der Waals surface area contributed by atoms with Crippen LogP contribution in [0, 0.1) is 11.8 Å². The number of hydrogen-bond acceptors (Lipinski definition) is 1. The van der Waals surface area contributed by atoms with E-state index in [1.54, 1.807) is 0 Å². The van der Waals surface area contributed by atoms with Crippen molar-refractivity contribution in [3.63, 3.8) is 0 Å². The minimum Gasteiger partial charge on any atom is -0.209 e. The molecule has 0 aromatic rings. The van der Waals surface area contributed by atoms with E-state index in [9.17, 15) is 0 Å². The Morgan fingerprint density at radius 3 is 1.32 bits per heavy atom. The molecule has 120 valence electrons. The molecule has 1 saturated carbocycles. The van der Waals surface area contributed by atoms with E-state index in [1.807, 2.05) is 13.8 Å². The third kappa shape index (κ3) is 27.2. The van der Waals surface area contributed by atoms with Crippen LogP contribution in [-0.2, 0) is 0 Å². The first kappa shape index (κ1) is 23.9. The lowest BCUT2D eigenvalue weighted by molar-refractivity contribution is -0.0441. The fourth-order valence-electron chi connectivity index (χ4n) is 1.88. The van der Waals surface area contributed by atoms with E-state index in [2.05, 4.69) is 27.7 Å². The zero-order chi connectivity index (χ0) is 15.5. The van der Waals surface area contributed by atoms with E-state index < -0.39 is 0 Å². The summed E-state index contributed by atoms with van der Waals surface area (Å²) in [4.78, 5) is 0. The summed E-state index contributed by atoms with van der Waals surface area (Å²) in [5, 5.41) is 5.50. The molecule has 0 amide bonds. The van der Waals surface area contributed by atoms with Crippen LogP contribution in [0.2, 0.25) is 0 Å². The average molecular weight is 278 g/mol. The quantitative estimate of drug-likeness (QED) is 0.606. The second-order valence-electron chi connectivity index (χ2n) is 5.61. The molecule has 1 N–H and O–H groups in total. The SMILES string of the molecule is C1CCCCC1.CC.CCC(C)CCC(C)C.OF. The lowest BCUT2D eigenvalue weighted by Crippen LogP contribution is -1.95. The molecule has 1 atom stereocenters. The lowest BCUT2D eigenvalue weighted by Gasteiger charge is -2.09. The summed E-state index contributed by atoms with van der Waals surface area (Å²) in [7, 11) is 0. The molecule has 0 aliphatic heterocycles. The van der Waals surface area contributed by atoms with Crippen LogP contribution in [0.25, 0.3) is 0 Å². The first-order chi connectivity index (χ1) is 9.16. The van der Waals surface area contributed by atoms with Crippen molar-refractivity contribution < 1.29 is 9.84 Å². The second kappa shape index (κ2) is 23.0. The third-order valence-corrected chi connectivity index (χ3v) is 3.43. The predicted molar refractivity (Wildman–Crippen MR) is 85.9 cm³/mol. The van der Waals surface area contributed by atoms with Crippen molar-refractivity contribution in [3.05, 3.63) is 0 Å². The minimum absolute atomic E-state index is 0.888. The molecular formula is C17H39FO. The molecule has 0 heterocycles. The maximum Gasteiger partial charge on any atom is -0.0445 e. The highest BCUT2D eigenvalue weighted by Crippen LogP contribution is 2.15. The van der Waals surface area contributed by atoms with Crippen molar-refractivity contribution in [2.45, 2.75) is 99.3 Å². The summed E-state index contributed by atoms with van der Waals surface area (Å²) in [6.07, 6.45) is 13.1. The van der Waals surface area contributed by atoms with Gasteiger partial charge in [-0.25, -0.2) is 5.31 Å². The van der Waals surface area contributed by atoms with E-state index in [4.69, 9.17) is 9.84 Å². The normalized spacial score (nSPS) is 15.0. The molecule has 1 fully saturated rings. The average Bonchev–Trinajstić information content (AvgIpc) is 2.51. The molecule has 0 aromatic carbocycles. The van der Waals surface area contributed by atoms with Gasteiger partial charge in [-0.1, -0.05) is 104 Å². The van der Waals surface area contributed by atoms with Crippen LogP contribution in [0.4, 0.5) is 4.53 Å². The third-order valence-electron chi connectivity index (χ3n) is 3.43. The Morgan fingerprint density at radius 2 is 1.11 bits per heavy atom.